The van der Waals surface area contributed by atoms with E-state index in [1.807, 2.05) is 30.5 Å². The zero-order valence-electron chi connectivity index (χ0n) is 7.50. The Morgan fingerprint density at radius 2 is 2.29 bits per heavy atom. The van der Waals surface area contributed by atoms with E-state index in [1.54, 1.807) is 6.20 Å². The molecule has 4 heteroatoms. The molecule has 0 aliphatic carbocycles. The molecule has 0 unspecified atom stereocenters. The molecule has 0 fully saturated rings. The molecule has 0 saturated heterocycles. The van der Waals surface area contributed by atoms with Crippen molar-refractivity contribution in [2.24, 2.45) is 0 Å². The van der Waals surface area contributed by atoms with Gasteiger partial charge in [0.15, 0.2) is 0 Å². The fourth-order valence-corrected chi connectivity index (χ4v) is 1.26. The van der Waals surface area contributed by atoms with Crippen molar-refractivity contribution in [2.45, 2.75) is 6.54 Å². The van der Waals surface area contributed by atoms with Gasteiger partial charge in [-0.05, 0) is 24.3 Å². The lowest BCUT2D eigenvalue weighted by molar-refractivity contribution is 1.05. The maximum atomic E-state index is 5.71. The lowest BCUT2D eigenvalue weighted by atomic mass is 10.4. The average Bonchev–Trinajstić information content (AvgIpc) is 2.70. The van der Waals surface area contributed by atoms with Crippen LogP contribution in [0.3, 0.4) is 0 Å². The second-order valence-corrected chi connectivity index (χ2v) is 3.35. The van der Waals surface area contributed by atoms with Gasteiger partial charge in [0.25, 0.3) is 0 Å². The number of rotatable bonds is 3. The second kappa shape index (κ2) is 4.15. The van der Waals surface area contributed by atoms with Crippen LogP contribution >= 0.6 is 11.6 Å². The Balaban J connectivity index is 1.95. The fourth-order valence-electron chi connectivity index (χ4n) is 1.14. The number of anilines is 1. The topological polar surface area (TPSA) is 40.7 Å². The first kappa shape index (κ1) is 9.09. The van der Waals surface area contributed by atoms with E-state index in [9.17, 15) is 0 Å². The van der Waals surface area contributed by atoms with Gasteiger partial charge >= 0.3 is 0 Å². The van der Waals surface area contributed by atoms with Gasteiger partial charge in [-0.1, -0.05) is 11.6 Å². The predicted molar refractivity (Wildman–Crippen MR) is 57.4 cm³/mol. The Bertz CT molecular complexity index is 380. The van der Waals surface area contributed by atoms with Crippen LogP contribution < -0.4 is 5.32 Å². The minimum absolute atomic E-state index is 0.649. The first-order valence-corrected chi connectivity index (χ1v) is 4.70. The molecule has 0 spiro atoms. The Kier molecular flexibility index (Phi) is 2.70. The molecule has 0 bridgehead atoms. The molecule has 0 radical (unpaired) electrons. The smallest absolute Gasteiger partial charge is 0.126 e. The average molecular weight is 208 g/mol. The number of nitrogens with zero attached hydrogens (tertiary/aromatic N) is 1. The number of hydrogen-bond donors (Lipinski definition) is 2. The van der Waals surface area contributed by atoms with Crippen molar-refractivity contribution in [2.75, 3.05) is 5.32 Å². The first-order chi connectivity index (χ1) is 6.84. The molecule has 0 aliphatic heterocycles. The van der Waals surface area contributed by atoms with Crippen LogP contribution in [0.15, 0.2) is 36.7 Å². The minimum atomic E-state index is 0.649. The van der Waals surface area contributed by atoms with E-state index in [0.717, 1.165) is 18.1 Å². The Labute approximate surface area is 87.1 Å². The van der Waals surface area contributed by atoms with Crippen molar-refractivity contribution in [3.8, 4) is 0 Å². The summed E-state index contributed by atoms with van der Waals surface area (Å²) in [7, 11) is 0. The number of halogens is 1. The van der Waals surface area contributed by atoms with Gasteiger partial charge in [-0.15, -0.1) is 0 Å². The van der Waals surface area contributed by atoms with Crippen LogP contribution in [0.4, 0.5) is 5.82 Å². The van der Waals surface area contributed by atoms with Crippen LogP contribution in [0.2, 0.25) is 5.02 Å². The molecule has 0 amide bonds. The number of nitrogens with one attached hydrogen (secondary N) is 2. The van der Waals surface area contributed by atoms with Crippen molar-refractivity contribution in [3.63, 3.8) is 0 Å². The SMILES string of the molecule is Clc1ccc(NCc2ccc[nH]2)nc1. The molecule has 14 heavy (non-hydrogen) atoms. The molecule has 0 atom stereocenters. The highest BCUT2D eigenvalue weighted by molar-refractivity contribution is 6.30. The Morgan fingerprint density at radius 1 is 1.36 bits per heavy atom. The van der Waals surface area contributed by atoms with Crippen LogP contribution in [0, 0.1) is 0 Å². The van der Waals surface area contributed by atoms with E-state index >= 15 is 0 Å². The van der Waals surface area contributed by atoms with Gasteiger partial charge < -0.3 is 10.3 Å². The zero-order chi connectivity index (χ0) is 9.80. The normalized spacial score (nSPS) is 10.1. The maximum Gasteiger partial charge on any atom is 0.126 e. The van der Waals surface area contributed by atoms with Crippen molar-refractivity contribution < 1.29 is 0 Å². The van der Waals surface area contributed by atoms with E-state index in [0.29, 0.717) is 5.02 Å². The highest BCUT2D eigenvalue weighted by Gasteiger charge is 1.94. The fraction of sp³-hybridized carbons (Fsp3) is 0.100. The van der Waals surface area contributed by atoms with E-state index < -0.39 is 0 Å². The summed E-state index contributed by atoms with van der Waals surface area (Å²) in [6, 6.07) is 7.64. The lowest BCUT2D eigenvalue weighted by Gasteiger charge is -2.03. The highest BCUT2D eigenvalue weighted by Crippen LogP contribution is 2.10. The van der Waals surface area contributed by atoms with Crippen LogP contribution in [-0.2, 0) is 6.54 Å². The van der Waals surface area contributed by atoms with Gasteiger partial charge in [-0.3, -0.25) is 0 Å². The standard InChI is InChI=1S/C10H10ClN3/c11-8-3-4-10(13-6-8)14-7-9-2-1-5-12-9/h1-6,12H,7H2,(H,13,14). The third-order valence-electron chi connectivity index (χ3n) is 1.85. The van der Waals surface area contributed by atoms with E-state index in [-0.39, 0.29) is 0 Å². The molecular formula is C10H10ClN3. The summed E-state index contributed by atoms with van der Waals surface area (Å²) in [6.07, 6.45) is 3.52. The summed E-state index contributed by atoms with van der Waals surface area (Å²) < 4.78 is 0. The summed E-state index contributed by atoms with van der Waals surface area (Å²) in [4.78, 5) is 7.22. The third-order valence-corrected chi connectivity index (χ3v) is 2.07. The van der Waals surface area contributed by atoms with Gasteiger partial charge in [-0.2, -0.15) is 0 Å². The number of aromatic amines is 1. The number of aromatic nitrogens is 2. The molecule has 2 aromatic heterocycles. The van der Waals surface area contributed by atoms with Crippen molar-refractivity contribution in [1.82, 2.24) is 9.97 Å². The monoisotopic (exact) mass is 207 g/mol. The van der Waals surface area contributed by atoms with E-state index in [1.165, 1.54) is 0 Å². The van der Waals surface area contributed by atoms with Crippen molar-refractivity contribution in [1.29, 1.82) is 0 Å². The Morgan fingerprint density at radius 3 is 2.93 bits per heavy atom. The lowest BCUT2D eigenvalue weighted by Crippen LogP contribution is -2.00. The van der Waals surface area contributed by atoms with Crippen LogP contribution in [0.1, 0.15) is 5.69 Å². The Hall–Kier alpha value is -1.48. The number of hydrogen-bond acceptors (Lipinski definition) is 2. The molecule has 2 N–H and O–H groups in total. The summed E-state index contributed by atoms with van der Waals surface area (Å²) in [5.41, 5.74) is 1.13. The molecule has 2 aromatic rings. The van der Waals surface area contributed by atoms with Gasteiger partial charge in [0, 0.05) is 18.1 Å². The molecular weight excluding hydrogens is 198 g/mol. The summed E-state index contributed by atoms with van der Waals surface area (Å²) in [6.45, 7) is 0.738. The number of pyridine rings is 1. The van der Waals surface area contributed by atoms with Crippen molar-refractivity contribution >= 4 is 17.4 Å². The molecule has 2 heterocycles. The molecule has 72 valence electrons. The van der Waals surface area contributed by atoms with Gasteiger partial charge in [-0.25, -0.2) is 4.98 Å². The van der Waals surface area contributed by atoms with Gasteiger partial charge in [0.2, 0.25) is 0 Å². The van der Waals surface area contributed by atoms with Crippen LogP contribution in [0.5, 0.6) is 0 Å². The molecule has 0 saturated carbocycles. The summed E-state index contributed by atoms with van der Waals surface area (Å²) in [5.74, 6) is 0.823. The van der Waals surface area contributed by atoms with Crippen LogP contribution in [-0.4, -0.2) is 9.97 Å². The van der Waals surface area contributed by atoms with Crippen LogP contribution in [0.25, 0.3) is 0 Å². The highest BCUT2D eigenvalue weighted by atomic mass is 35.5. The quantitative estimate of drug-likeness (QED) is 0.813. The molecule has 3 nitrogen and oxygen atoms in total. The summed E-state index contributed by atoms with van der Waals surface area (Å²) in [5, 5.41) is 3.82. The second-order valence-electron chi connectivity index (χ2n) is 2.91. The number of H-pyrrole nitrogens is 1. The van der Waals surface area contributed by atoms with Gasteiger partial charge in [0.1, 0.15) is 5.82 Å². The molecule has 0 aliphatic rings. The largest absolute Gasteiger partial charge is 0.365 e. The third kappa shape index (κ3) is 2.26. The van der Waals surface area contributed by atoms with E-state index in [4.69, 9.17) is 11.6 Å². The van der Waals surface area contributed by atoms with Gasteiger partial charge in [0.05, 0.1) is 11.6 Å². The molecule has 2 rings (SSSR count). The molecule has 0 aromatic carbocycles. The summed E-state index contributed by atoms with van der Waals surface area (Å²) >= 11 is 5.71. The van der Waals surface area contributed by atoms with E-state index in [2.05, 4.69) is 15.3 Å². The minimum Gasteiger partial charge on any atom is -0.365 e. The predicted octanol–water partition coefficient (Wildman–Crippen LogP) is 2.68. The maximum absolute atomic E-state index is 5.71. The van der Waals surface area contributed by atoms with Crippen molar-refractivity contribution in [3.05, 3.63) is 47.4 Å². The zero-order valence-corrected chi connectivity index (χ0v) is 8.25. The first-order valence-electron chi connectivity index (χ1n) is 4.32.